The molecule has 2 unspecified atom stereocenters. The van der Waals surface area contributed by atoms with Crippen molar-refractivity contribution in [2.75, 3.05) is 13.2 Å². The van der Waals surface area contributed by atoms with Crippen LogP contribution < -0.4 is 0 Å². The van der Waals surface area contributed by atoms with Crippen LogP contribution in [0.1, 0.15) is 6.42 Å². The van der Waals surface area contributed by atoms with Crippen molar-refractivity contribution in [3.8, 4) is 0 Å². The monoisotopic (exact) mass is 480 g/mol. The molecule has 0 aliphatic rings. The molecule has 0 amide bonds. The van der Waals surface area contributed by atoms with E-state index in [1.807, 2.05) is 0 Å². The summed E-state index contributed by atoms with van der Waals surface area (Å²) >= 11 is 0. The molecule has 2 atom stereocenters. The Morgan fingerprint density at radius 1 is 0.900 bits per heavy atom. The molecule has 178 valence electrons. The van der Waals surface area contributed by atoms with Crippen LogP contribution in [0.3, 0.4) is 0 Å². The van der Waals surface area contributed by atoms with E-state index < -0.39 is 67.8 Å². The first-order valence-corrected chi connectivity index (χ1v) is 7.10. The van der Waals surface area contributed by atoms with Gasteiger partial charge in [0.15, 0.2) is 0 Å². The Morgan fingerprint density at radius 3 is 1.73 bits per heavy atom. The van der Waals surface area contributed by atoms with Crippen LogP contribution >= 0.6 is 0 Å². The average Bonchev–Trinajstić information content (AvgIpc) is 2.56. The molecule has 0 aromatic carbocycles. The van der Waals surface area contributed by atoms with Crippen molar-refractivity contribution >= 4 is 5.97 Å². The number of halogens is 14. The quantitative estimate of drug-likeness (QED) is 0.247. The Balaban J connectivity index is 5.64. The molecule has 30 heavy (non-hydrogen) atoms. The normalized spacial score (nSPS) is 17.3. The number of esters is 1. The summed E-state index contributed by atoms with van der Waals surface area (Å²) in [6.07, 6.45) is -20.7. The summed E-state index contributed by atoms with van der Waals surface area (Å²) in [4.78, 5) is 10.6. The lowest BCUT2D eigenvalue weighted by Crippen LogP contribution is -2.63. The summed E-state index contributed by atoms with van der Waals surface area (Å²) < 4.78 is 186. The Bertz CT molecular complexity index is 611. The zero-order valence-corrected chi connectivity index (χ0v) is 14.0. The van der Waals surface area contributed by atoms with Crippen molar-refractivity contribution in [3.05, 3.63) is 12.7 Å². The van der Waals surface area contributed by atoms with Crippen LogP contribution in [0, 0.1) is 0 Å². The van der Waals surface area contributed by atoms with Gasteiger partial charge in [0.25, 0.3) is 6.17 Å². The van der Waals surface area contributed by atoms with Crippen LogP contribution in [0.15, 0.2) is 12.7 Å². The lowest BCUT2D eigenvalue weighted by Gasteiger charge is -2.36. The highest BCUT2D eigenvalue weighted by molar-refractivity contribution is 5.81. The number of hydrogen-bond donors (Lipinski definition) is 0. The topological polar surface area (TPSA) is 35.5 Å². The zero-order valence-electron chi connectivity index (χ0n) is 14.0. The van der Waals surface area contributed by atoms with Gasteiger partial charge < -0.3 is 9.47 Å². The minimum absolute atomic E-state index is 0.374. The number of ether oxygens (including phenoxy) is 2. The van der Waals surface area contributed by atoms with Gasteiger partial charge in [-0.05, 0) is 0 Å². The van der Waals surface area contributed by atoms with Crippen LogP contribution in [0.2, 0.25) is 0 Å². The van der Waals surface area contributed by atoms with E-state index in [9.17, 15) is 66.3 Å². The second-order valence-electron chi connectivity index (χ2n) is 5.44. The molecular weight excluding hydrogens is 470 g/mol. The van der Waals surface area contributed by atoms with Crippen LogP contribution in [-0.4, -0.2) is 61.3 Å². The lowest BCUT2D eigenvalue weighted by atomic mass is 10.00. The summed E-state index contributed by atoms with van der Waals surface area (Å²) in [6.45, 7) is -2.32. The molecule has 17 heteroatoms. The van der Waals surface area contributed by atoms with Gasteiger partial charge in [-0.3, -0.25) is 0 Å². The number of carbonyl (C=O) groups is 1. The predicted octanol–water partition coefficient (Wildman–Crippen LogP) is 5.16. The molecule has 0 rings (SSSR count). The van der Waals surface area contributed by atoms with E-state index in [1.165, 1.54) is 0 Å². The van der Waals surface area contributed by atoms with Crippen molar-refractivity contribution in [1.82, 2.24) is 0 Å². The van der Waals surface area contributed by atoms with Gasteiger partial charge in [-0.25, -0.2) is 13.6 Å². The van der Waals surface area contributed by atoms with Crippen molar-refractivity contribution in [2.24, 2.45) is 0 Å². The molecule has 0 saturated carbocycles. The van der Waals surface area contributed by atoms with Crippen molar-refractivity contribution in [3.63, 3.8) is 0 Å². The Hall–Kier alpha value is -1.81. The number of rotatable bonds is 10. The lowest BCUT2D eigenvalue weighted by molar-refractivity contribution is -0.387. The number of hydrogen-bond acceptors (Lipinski definition) is 3. The summed E-state index contributed by atoms with van der Waals surface area (Å²) in [5.41, 5.74) is 0. The molecule has 0 spiro atoms. The molecule has 0 aromatic heterocycles. The Kier molecular flexibility index (Phi) is 8.21. The minimum atomic E-state index is -7.27. The molecule has 0 aliphatic heterocycles. The number of alkyl halides is 14. The minimum Gasteiger partial charge on any atom is -0.462 e. The van der Waals surface area contributed by atoms with Crippen LogP contribution in [0.4, 0.5) is 61.5 Å². The number of carbonyl (C=O) groups excluding carboxylic acids is 1. The van der Waals surface area contributed by atoms with Gasteiger partial charge in [-0.15, -0.1) is 0 Å². The molecule has 0 bridgehead atoms. The van der Waals surface area contributed by atoms with E-state index in [2.05, 4.69) is 16.1 Å². The van der Waals surface area contributed by atoms with Gasteiger partial charge in [0.2, 0.25) is 0 Å². The van der Waals surface area contributed by atoms with Gasteiger partial charge in [0.1, 0.15) is 6.61 Å². The average molecular weight is 480 g/mol. The molecular formula is C13H10F14O3. The molecule has 0 N–H and O–H groups in total. The second kappa shape index (κ2) is 8.74. The van der Waals surface area contributed by atoms with Crippen molar-refractivity contribution in [2.45, 2.75) is 48.6 Å². The summed E-state index contributed by atoms with van der Waals surface area (Å²) in [7, 11) is 0. The van der Waals surface area contributed by atoms with Gasteiger partial charge in [0.05, 0.1) is 13.0 Å². The first-order valence-electron chi connectivity index (χ1n) is 7.10. The smallest absolute Gasteiger partial charge is 0.448 e. The van der Waals surface area contributed by atoms with E-state index in [0.29, 0.717) is 6.08 Å². The largest absolute Gasteiger partial charge is 0.462 e. The Labute approximate surface area is 157 Å². The summed E-state index contributed by atoms with van der Waals surface area (Å²) in [5.74, 6) is -27.8. The highest BCUT2D eigenvalue weighted by atomic mass is 19.4. The van der Waals surface area contributed by atoms with Crippen molar-refractivity contribution in [1.29, 1.82) is 0 Å². The van der Waals surface area contributed by atoms with E-state index in [1.54, 1.807) is 0 Å². The van der Waals surface area contributed by atoms with Gasteiger partial charge in [-0.2, -0.15) is 52.7 Å². The van der Waals surface area contributed by atoms with Gasteiger partial charge >= 0.3 is 41.9 Å². The van der Waals surface area contributed by atoms with E-state index >= 15 is 0 Å². The highest BCUT2D eigenvalue weighted by Crippen LogP contribution is 2.52. The maximum absolute atomic E-state index is 13.8. The first kappa shape index (κ1) is 28.2. The molecule has 0 aromatic rings. The summed E-state index contributed by atoms with van der Waals surface area (Å²) in [5, 5.41) is 0. The first-order chi connectivity index (χ1) is 13.1. The third-order valence-corrected chi connectivity index (χ3v) is 3.22. The molecule has 0 fully saturated rings. The van der Waals surface area contributed by atoms with Gasteiger partial charge in [0, 0.05) is 6.08 Å². The van der Waals surface area contributed by atoms with E-state index in [0.717, 1.165) is 0 Å². The molecule has 0 radical (unpaired) electrons. The second-order valence-corrected chi connectivity index (χ2v) is 5.44. The molecule has 0 heterocycles. The molecule has 0 aliphatic carbocycles. The predicted molar refractivity (Wildman–Crippen MR) is 67.4 cm³/mol. The van der Waals surface area contributed by atoms with E-state index in [4.69, 9.17) is 0 Å². The van der Waals surface area contributed by atoms with Crippen LogP contribution in [-0.2, 0) is 14.3 Å². The van der Waals surface area contributed by atoms with Crippen molar-refractivity contribution < 1.29 is 75.7 Å². The third kappa shape index (κ3) is 5.87. The standard InChI is InChI=1S/C13H10F14O3/c1-2-6(28)29-4-3-9(17,13(25,26)27)30-5-8(15,16)12(23,24)10(18,19)7(14)11(20,21)22/h2,7H,1,3-5H2. The van der Waals surface area contributed by atoms with Gasteiger partial charge in [-0.1, -0.05) is 6.58 Å². The fraction of sp³-hybridized carbons (Fsp3) is 0.769. The van der Waals surface area contributed by atoms with Crippen LogP contribution in [0.5, 0.6) is 0 Å². The Morgan fingerprint density at radius 2 is 1.37 bits per heavy atom. The van der Waals surface area contributed by atoms with E-state index in [-0.39, 0.29) is 0 Å². The maximum Gasteiger partial charge on any atom is 0.448 e. The third-order valence-electron chi connectivity index (χ3n) is 3.22. The highest BCUT2D eigenvalue weighted by Gasteiger charge is 2.79. The molecule has 3 nitrogen and oxygen atoms in total. The fourth-order valence-corrected chi connectivity index (χ4v) is 1.54. The fourth-order valence-electron chi connectivity index (χ4n) is 1.54. The molecule has 0 saturated heterocycles. The summed E-state index contributed by atoms with van der Waals surface area (Å²) in [6, 6.07) is 0. The maximum atomic E-state index is 13.8. The van der Waals surface area contributed by atoms with Crippen LogP contribution in [0.25, 0.3) is 0 Å². The SMILES string of the molecule is C=CC(=O)OCCC(F)(OCC(F)(F)C(F)(F)C(F)(F)C(F)C(F)(F)F)C(F)(F)F. The zero-order chi connectivity index (χ0) is 24.4.